The quantitative estimate of drug-likeness (QED) is 0.331. The highest BCUT2D eigenvalue weighted by Crippen LogP contribution is 2.30. The predicted molar refractivity (Wildman–Crippen MR) is 156 cm³/mol. The number of carbonyl (C=O) groups is 1. The molecule has 0 atom stereocenters. The van der Waals surface area contributed by atoms with Gasteiger partial charge in [-0.1, -0.05) is 18.6 Å². The van der Waals surface area contributed by atoms with Crippen LogP contribution in [0, 0.1) is 11.6 Å². The van der Waals surface area contributed by atoms with Crippen LogP contribution in [-0.4, -0.2) is 67.4 Å². The number of nitrogens with zero attached hydrogens (tertiary/aromatic N) is 4. The molecule has 0 bridgehead atoms. The molecule has 2 aromatic carbocycles. The zero-order valence-corrected chi connectivity index (χ0v) is 24.7. The summed E-state index contributed by atoms with van der Waals surface area (Å²) in [7, 11) is -3.67. The Hall–Kier alpha value is -3.84. The van der Waals surface area contributed by atoms with Crippen molar-refractivity contribution in [2.45, 2.75) is 50.9 Å². The van der Waals surface area contributed by atoms with E-state index < -0.39 is 33.2 Å². The average molecular weight is 617 g/mol. The molecular formula is C30H34F2N4O6S. The van der Waals surface area contributed by atoms with Gasteiger partial charge in [-0.15, -0.1) is 0 Å². The normalized spacial score (nSPS) is 16.7. The SMILES string of the molecule is CCOC(=O)c1ccc(CS(=O)(=O)N2CCN(c3cnn(-c4cc(F)cc(F)c4)c(=O)c3OC3CCCCC3)CC2)cc1. The number of esters is 1. The summed E-state index contributed by atoms with van der Waals surface area (Å²) in [6.45, 7) is 2.86. The van der Waals surface area contributed by atoms with Crippen LogP contribution in [0.3, 0.4) is 0 Å². The van der Waals surface area contributed by atoms with Gasteiger partial charge >= 0.3 is 11.5 Å². The Morgan fingerprint density at radius 1 is 0.977 bits per heavy atom. The van der Waals surface area contributed by atoms with Gasteiger partial charge in [-0.25, -0.2) is 22.0 Å². The highest BCUT2D eigenvalue weighted by Gasteiger charge is 2.30. The number of carbonyl (C=O) groups excluding carboxylic acids is 1. The van der Waals surface area contributed by atoms with Crippen LogP contribution in [0.25, 0.3) is 5.69 Å². The smallest absolute Gasteiger partial charge is 0.338 e. The van der Waals surface area contributed by atoms with E-state index in [9.17, 15) is 26.8 Å². The van der Waals surface area contributed by atoms with Crippen LogP contribution in [0.5, 0.6) is 5.75 Å². The van der Waals surface area contributed by atoms with Crippen molar-refractivity contribution in [2.24, 2.45) is 0 Å². The fourth-order valence-electron chi connectivity index (χ4n) is 5.42. The number of rotatable bonds is 9. The number of anilines is 1. The molecule has 3 aromatic rings. The Bertz CT molecular complexity index is 1600. The number of piperazine rings is 1. The Morgan fingerprint density at radius 2 is 1.63 bits per heavy atom. The second-order valence-electron chi connectivity index (χ2n) is 10.6. The van der Waals surface area contributed by atoms with Crippen LogP contribution in [0.2, 0.25) is 0 Å². The largest absolute Gasteiger partial charge is 0.483 e. The molecule has 0 N–H and O–H groups in total. The van der Waals surface area contributed by atoms with Gasteiger partial charge in [0.25, 0.3) is 0 Å². The van der Waals surface area contributed by atoms with Crippen molar-refractivity contribution in [1.29, 1.82) is 0 Å². The fraction of sp³-hybridized carbons (Fsp3) is 0.433. The minimum atomic E-state index is -3.67. The lowest BCUT2D eigenvalue weighted by Crippen LogP contribution is -2.49. The second kappa shape index (κ2) is 13.2. The maximum atomic E-state index is 13.9. The van der Waals surface area contributed by atoms with Crippen molar-refractivity contribution in [3.63, 3.8) is 0 Å². The fourth-order valence-corrected chi connectivity index (χ4v) is 6.94. The summed E-state index contributed by atoms with van der Waals surface area (Å²) in [6.07, 6.45) is 5.83. The van der Waals surface area contributed by atoms with Gasteiger partial charge in [0.05, 0.1) is 35.9 Å². The first-order valence-electron chi connectivity index (χ1n) is 14.4. The van der Waals surface area contributed by atoms with Crippen LogP contribution in [0.15, 0.2) is 53.5 Å². The molecule has 2 aliphatic rings. The molecule has 0 unspecified atom stereocenters. The minimum absolute atomic E-state index is 0.0320. The highest BCUT2D eigenvalue weighted by atomic mass is 32.2. The Labute approximate surface area is 248 Å². The van der Waals surface area contributed by atoms with Gasteiger partial charge in [0, 0.05) is 32.2 Å². The molecule has 0 spiro atoms. The lowest BCUT2D eigenvalue weighted by Gasteiger charge is -2.36. The lowest BCUT2D eigenvalue weighted by atomic mass is 9.98. The number of ether oxygens (including phenoxy) is 2. The van der Waals surface area contributed by atoms with Gasteiger partial charge in [-0.2, -0.15) is 14.1 Å². The second-order valence-corrected chi connectivity index (χ2v) is 12.6. The lowest BCUT2D eigenvalue weighted by molar-refractivity contribution is 0.0526. The van der Waals surface area contributed by atoms with Gasteiger partial charge in [0.1, 0.15) is 17.3 Å². The van der Waals surface area contributed by atoms with Crippen molar-refractivity contribution in [2.75, 3.05) is 37.7 Å². The molecule has 13 heteroatoms. The van der Waals surface area contributed by atoms with Gasteiger partial charge in [-0.05, 0) is 62.4 Å². The molecule has 0 radical (unpaired) electrons. The molecule has 0 amide bonds. The van der Waals surface area contributed by atoms with E-state index >= 15 is 0 Å². The molecule has 1 saturated carbocycles. The van der Waals surface area contributed by atoms with Crippen molar-refractivity contribution < 1.29 is 31.5 Å². The van der Waals surface area contributed by atoms with Gasteiger partial charge < -0.3 is 14.4 Å². The first kappa shape index (κ1) is 30.6. The van der Waals surface area contributed by atoms with Crippen molar-refractivity contribution in [1.82, 2.24) is 14.1 Å². The van der Waals surface area contributed by atoms with Crippen LogP contribution in [0.4, 0.5) is 14.5 Å². The summed E-state index contributed by atoms with van der Waals surface area (Å²) < 4.78 is 67.9. The maximum Gasteiger partial charge on any atom is 0.338 e. The number of sulfonamides is 1. The molecular weight excluding hydrogens is 582 g/mol. The number of halogens is 2. The summed E-state index contributed by atoms with van der Waals surface area (Å²) in [5.41, 5.74) is 0.597. The van der Waals surface area contributed by atoms with E-state index in [4.69, 9.17) is 9.47 Å². The zero-order chi connectivity index (χ0) is 30.6. The van der Waals surface area contributed by atoms with Crippen molar-refractivity contribution in [3.8, 4) is 11.4 Å². The molecule has 1 aliphatic carbocycles. The van der Waals surface area contributed by atoms with Crippen molar-refractivity contribution in [3.05, 3.63) is 81.8 Å². The van der Waals surface area contributed by atoms with Crippen LogP contribution in [-0.2, 0) is 20.5 Å². The molecule has 1 saturated heterocycles. The Balaban J connectivity index is 1.34. The molecule has 10 nitrogen and oxygen atoms in total. The molecule has 2 fully saturated rings. The predicted octanol–water partition coefficient (Wildman–Crippen LogP) is 4.05. The standard InChI is InChI=1S/C30H34F2N4O6S/c1-2-41-30(38)22-10-8-21(9-11-22)20-43(39,40)35-14-12-34(13-15-35)27-19-33-36(25-17-23(31)16-24(32)18-25)29(37)28(27)42-26-6-4-3-5-7-26/h8-11,16-19,26H,2-7,12-15,20H2,1H3. The van der Waals surface area contributed by atoms with Crippen LogP contribution >= 0.6 is 0 Å². The van der Waals surface area contributed by atoms with E-state index in [0.29, 0.717) is 22.9 Å². The van der Waals surface area contributed by atoms with Gasteiger partial charge in [-0.3, -0.25) is 4.79 Å². The van der Waals surface area contributed by atoms with Crippen LogP contribution < -0.4 is 15.2 Å². The first-order chi connectivity index (χ1) is 20.6. The number of aromatic nitrogens is 2. The number of hydrogen-bond donors (Lipinski definition) is 0. The topological polar surface area (TPSA) is 111 Å². The van der Waals surface area contributed by atoms with E-state index in [0.717, 1.165) is 48.9 Å². The molecule has 5 rings (SSSR count). The molecule has 1 aromatic heterocycles. The maximum absolute atomic E-state index is 13.9. The van der Waals surface area contributed by atoms with E-state index in [1.807, 2.05) is 4.90 Å². The molecule has 43 heavy (non-hydrogen) atoms. The monoisotopic (exact) mass is 616 g/mol. The third-order valence-electron chi connectivity index (χ3n) is 7.63. The summed E-state index contributed by atoms with van der Waals surface area (Å²) in [6, 6.07) is 9.05. The zero-order valence-electron chi connectivity index (χ0n) is 23.9. The Morgan fingerprint density at radius 3 is 2.26 bits per heavy atom. The highest BCUT2D eigenvalue weighted by molar-refractivity contribution is 7.88. The summed E-state index contributed by atoms with van der Waals surface area (Å²) >= 11 is 0. The van der Waals surface area contributed by atoms with Crippen LogP contribution in [0.1, 0.15) is 54.9 Å². The average Bonchev–Trinajstić information content (AvgIpc) is 2.98. The van der Waals surface area contributed by atoms with Gasteiger partial charge in [0.15, 0.2) is 0 Å². The van der Waals surface area contributed by atoms with Gasteiger partial charge in [0.2, 0.25) is 15.8 Å². The Kier molecular flexibility index (Phi) is 9.40. The van der Waals surface area contributed by atoms with E-state index in [-0.39, 0.29) is 56.1 Å². The minimum Gasteiger partial charge on any atom is -0.483 e. The summed E-state index contributed by atoms with van der Waals surface area (Å²) in [5, 5.41) is 4.20. The molecule has 230 valence electrons. The third-order valence-corrected chi connectivity index (χ3v) is 9.48. The van der Waals surface area contributed by atoms with E-state index in [2.05, 4.69) is 5.10 Å². The van der Waals surface area contributed by atoms with E-state index in [1.165, 1.54) is 10.5 Å². The summed E-state index contributed by atoms with van der Waals surface area (Å²) in [5.74, 6) is -2.34. The molecule has 1 aliphatic heterocycles. The first-order valence-corrected chi connectivity index (χ1v) is 16.0. The van der Waals surface area contributed by atoms with Crippen molar-refractivity contribution >= 4 is 21.7 Å². The number of hydrogen-bond acceptors (Lipinski definition) is 8. The van der Waals surface area contributed by atoms with E-state index in [1.54, 1.807) is 31.2 Å². The summed E-state index contributed by atoms with van der Waals surface area (Å²) in [4.78, 5) is 27.4. The molecule has 2 heterocycles. The third kappa shape index (κ3) is 7.21. The number of benzene rings is 2.